The number of anilines is 2. The van der Waals surface area contributed by atoms with Gasteiger partial charge in [-0.05, 0) is 26.3 Å². The van der Waals surface area contributed by atoms with E-state index in [0.29, 0.717) is 33.8 Å². The van der Waals surface area contributed by atoms with E-state index in [9.17, 15) is 9.59 Å². The van der Waals surface area contributed by atoms with Crippen LogP contribution in [0.5, 0.6) is 0 Å². The molecule has 1 aliphatic rings. The number of ether oxygens (including phenoxy) is 2. The van der Waals surface area contributed by atoms with Gasteiger partial charge in [-0.25, -0.2) is 19.7 Å². The molecule has 158 valence electrons. The van der Waals surface area contributed by atoms with Crippen LogP contribution in [0.4, 0.5) is 10.9 Å². The number of carbonyl (C=O) groups excluding carboxylic acids is 2. The van der Waals surface area contributed by atoms with E-state index < -0.39 is 5.97 Å². The fraction of sp³-hybridized carbons (Fsp3) is 0.421. The molecule has 1 aliphatic heterocycles. The van der Waals surface area contributed by atoms with E-state index >= 15 is 0 Å². The maximum absolute atomic E-state index is 13.0. The monoisotopic (exact) mass is 447 g/mol. The number of aromatic nitrogens is 3. The van der Waals surface area contributed by atoms with Crippen molar-refractivity contribution in [2.45, 2.75) is 20.8 Å². The number of amides is 1. The Hall–Kier alpha value is -2.63. The maximum Gasteiger partial charge on any atom is 0.350 e. The third kappa shape index (κ3) is 3.87. The third-order valence-electron chi connectivity index (χ3n) is 4.70. The number of aryl methyl sites for hydroxylation is 2. The fourth-order valence-electron chi connectivity index (χ4n) is 3.27. The van der Waals surface area contributed by atoms with Crippen LogP contribution >= 0.6 is 22.7 Å². The van der Waals surface area contributed by atoms with E-state index in [-0.39, 0.29) is 12.5 Å². The number of nitrogens with one attached hydrogen (secondary N) is 1. The van der Waals surface area contributed by atoms with E-state index in [4.69, 9.17) is 9.47 Å². The van der Waals surface area contributed by atoms with E-state index in [2.05, 4.69) is 25.2 Å². The zero-order valence-corrected chi connectivity index (χ0v) is 18.5. The highest BCUT2D eigenvalue weighted by atomic mass is 32.1. The van der Waals surface area contributed by atoms with Crippen LogP contribution in [0.1, 0.15) is 37.5 Å². The Morgan fingerprint density at radius 1 is 1.20 bits per heavy atom. The Bertz CT molecular complexity index is 1100. The first-order valence-corrected chi connectivity index (χ1v) is 11.2. The SMILES string of the molecule is CCOC(=O)c1sc(NC(=O)c2sc3ncnc(N4CCOCC4)c3c2C)nc1C. The van der Waals surface area contributed by atoms with E-state index in [0.717, 1.165) is 46.0 Å². The molecule has 0 aromatic carbocycles. The molecule has 0 bridgehead atoms. The van der Waals surface area contributed by atoms with Crippen LogP contribution in [-0.4, -0.2) is 59.7 Å². The molecule has 0 saturated carbocycles. The van der Waals surface area contributed by atoms with Crippen LogP contribution in [0, 0.1) is 13.8 Å². The second-order valence-electron chi connectivity index (χ2n) is 6.64. The van der Waals surface area contributed by atoms with Gasteiger partial charge in [0.1, 0.15) is 21.9 Å². The summed E-state index contributed by atoms with van der Waals surface area (Å²) in [6, 6.07) is 0. The third-order valence-corrected chi connectivity index (χ3v) is 6.95. The maximum atomic E-state index is 13.0. The molecule has 1 saturated heterocycles. The summed E-state index contributed by atoms with van der Waals surface area (Å²) in [5.74, 6) is 0.106. The number of thiophene rings is 1. The molecule has 0 unspecified atom stereocenters. The highest BCUT2D eigenvalue weighted by molar-refractivity contribution is 7.21. The Morgan fingerprint density at radius 3 is 2.70 bits per heavy atom. The van der Waals surface area contributed by atoms with Crippen molar-refractivity contribution in [3.8, 4) is 0 Å². The average molecular weight is 448 g/mol. The first-order chi connectivity index (χ1) is 14.5. The summed E-state index contributed by atoms with van der Waals surface area (Å²) in [4.78, 5) is 42.0. The van der Waals surface area contributed by atoms with Crippen molar-refractivity contribution >= 4 is 55.7 Å². The van der Waals surface area contributed by atoms with Crippen molar-refractivity contribution in [3.05, 3.63) is 27.3 Å². The summed E-state index contributed by atoms with van der Waals surface area (Å²) in [7, 11) is 0. The van der Waals surface area contributed by atoms with Crippen LogP contribution in [0.3, 0.4) is 0 Å². The lowest BCUT2D eigenvalue weighted by atomic mass is 10.2. The van der Waals surface area contributed by atoms with Crippen molar-refractivity contribution in [2.75, 3.05) is 43.1 Å². The van der Waals surface area contributed by atoms with Crippen molar-refractivity contribution in [1.29, 1.82) is 0 Å². The Morgan fingerprint density at radius 2 is 1.97 bits per heavy atom. The van der Waals surface area contributed by atoms with Gasteiger partial charge in [-0.3, -0.25) is 10.1 Å². The van der Waals surface area contributed by atoms with Crippen LogP contribution in [0.15, 0.2) is 6.33 Å². The lowest BCUT2D eigenvalue weighted by Gasteiger charge is -2.28. The van der Waals surface area contributed by atoms with E-state index in [1.54, 1.807) is 13.8 Å². The van der Waals surface area contributed by atoms with Crippen molar-refractivity contribution in [1.82, 2.24) is 15.0 Å². The topological polar surface area (TPSA) is 107 Å². The molecule has 9 nitrogen and oxygen atoms in total. The molecule has 4 rings (SSSR count). The van der Waals surface area contributed by atoms with Gasteiger partial charge >= 0.3 is 5.97 Å². The number of carbonyl (C=O) groups is 2. The normalized spacial score (nSPS) is 14.2. The summed E-state index contributed by atoms with van der Waals surface area (Å²) in [5, 5.41) is 4.05. The van der Waals surface area contributed by atoms with Crippen LogP contribution in [0.25, 0.3) is 10.2 Å². The summed E-state index contributed by atoms with van der Waals surface area (Å²) in [6.07, 6.45) is 1.53. The summed E-state index contributed by atoms with van der Waals surface area (Å²) < 4.78 is 10.5. The standard InChI is InChI=1S/C19H21N5O4S2/c1-4-28-18(26)14-11(3)22-19(30-14)23-16(25)13-10(2)12-15(20-9-21-17(12)29-13)24-5-7-27-8-6-24/h9H,4-8H2,1-3H3,(H,22,23,25). The zero-order valence-electron chi connectivity index (χ0n) is 16.9. The molecule has 0 radical (unpaired) electrons. The molecule has 1 amide bonds. The summed E-state index contributed by atoms with van der Waals surface area (Å²) in [5.41, 5.74) is 1.36. The van der Waals surface area contributed by atoms with Gasteiger partial charge in [0.15, 0.2) is 5.13 Å². The number of hydrogen-bond acceptors (Lipinski definition) is 10. The summed E-state index contributed by atoms with van der Waals surface area (Å²) >= 11 is 2.43. The lowest BCUT2D eigenvalue weighted by Crippen LogP contribution is -2.36. The molecule has 11 heteroatoms. The average Bonchev–Trinajstić information content (AvgIpc) is 3.28. The molecule has 0 spiro atoms. The van der Waals surface area contributed by atoms with Gasteiger partial charge < -0.3 is 14.4 Å². The molecular formula is C19H21N5O4S2. The van der Waals surface area contributed by atoms with Crippen molar-refractivity contribution < 1.29 is 19.1 Å². The zero-order chi connectivity index (χ0) is 21.3. The smallest absolute Gasteiger partial charge is 0.350 e. The Kier molecular flexibility index (Phi) is 5.93. The van der Waals surface area contributed by atoms with Crippen molar-refractivity contribution in [2.24, 2.45) is 0 Å². The number of fused-ring (bicyclic) bond motifs is 1. The van der Waals surface area contributed by atoms with Crippen LogP contribution in [0.2, 0.25) is 0 Å². The highest BCUT2D eigenvalue weighted by Gasteiger charge is 2.24. The molecule has 0 aliphatic carbocycles. The van der Waals surface area contributed by atoms with Gasteiger partial charge in [-0.15, -0.1) is 11.3 Å². The molecule has 0 atom stereocenters. The molecule has 1 N–H and O–H groups in total. The lowest BCUT2D eigenvalue weighted by molar-refractivity contribution is 0.0531. The minimum atomic E-state index is -0.434. The van der Waals surface area contributed by atoms with Crippen LogP contribution in [-0.2, 0) is 9.47 Å². The minimum Gasteiger partial charge on any atom is -0.462 e. The second-order valence-corrected chi connectivity index (χ2v) is 8.64. The van der Waals surface area contributed by atoms with Gasteiger partial charge in [0.25, 0.3) is 5.91 Å². The number of morpholine rings is 1. The molecular weight excluding hydrogens is 426 g/mol. The molecule has 30 heavy (non-hydrogen) atoms. The summed E-state index contributed by atoms with van der Waals surface area (Å²) in [6.45, 7) is 8.43. The van der Waals surface area contributed by atoms with E-state index in [1.807, 2.05) is 6.92 Å². The number of esters is 1. The molecule has 1 fully saturated rings. The Labute approximate surface area is 181 Å². The predicted octanol–water partition coefficient (Wildman–Crippen LogP) is 3.03. The van der Waals surface area contributed by atoms with Crippen molar-refractivity contribution in [3.63, 3.8) is 0 Å². The largest absolute Gasteiger partial charge is 0.462 e. The van der Waals surface area contributed by atoms with Gasteiger partial charge in [0.2, 0.25) is 0 Å². The number of nitrogens with zero attached hydrogens (tertiary/aromatic N) is 4. The highest BCUT2D eigenvalue weighted by Crippen LogP contribution is 2.35. The van der Waals surface area contributed by atoms with Gasteiger partial charge in [0.05, 0.1) is 35.8 Å². The van der Waals surface area contributed by atoms with Crippen LogP contribution < -0.4 is 10.2 Å². The number of thiazole rings is 1. The predicted molar refractivity (Wildman–Crippen MR) is 116 cm³/mol. The first kappa shape index (κ1) is 20.6. The molecule has 4 heterocycles. The molecule has 3 aromatic rings. The molecule has 3 aromatic heterocycles. The second kappa shape index (κ2) is 8.62. The van der Waals surface area contributed by atoms with E-state index in [1.165, 1.54) is 17.7 Å². The fourth-order valence-corrected chi connectivity index (χ4v) is 5.17. The number of rotatable bonds is 5. The minimum absolute atomic E-state index is 0.283. The van der Waals surface area contributed by atoms with Gasteiger partial charge in [-0.2, -0.15) is 0 Å². The first-order valence-electron chi connectivity index (χ1n) is 9.52. The Balaban J connectivity index is 1.62. The van der Waals surface area contributed by atoms with Gasteiger partial charge in [-0.1, -0.05) is 11.3 Å². The quantitative estimate of drug-likeness (QED) is 0.595. The van der Waals surface area contributed by atoms with Gasteiger partial charge in [0, 0.05) is 13.1 Å². The number of hydrogen-bond donors (Lipinski definition) is 1.